The zero-order chi connectivity index (χ0) is 20.3. The van der Waals surface area contributed by atoms with Gasteiger partial charge < -0.3 is 9.64 Å². The van der Waals surface area contributed by atoms with E-state index in [9.17, 15) is 18.0 Å². The van der Waals surface area contributed by atoms with E-state index in [4.69, 9.17) is 4.74 Å². The number of piperidine rings is 1. The first-order chi connectivity index (χ1) is 13.3. The first kappa shape index (κ1) is 20.2. The summed E-state index contributed by atoms with van der Waals surface area (Å²) >= 11 is 0. The van der Waals surface area contributed by atoms with Gasteiger partial charge in [-0.3, -0.25) is 9.48 Å². The Hall–Kier alpha value is -2.51. The van der Waals surface area contributed by atoms with Gasteiger partial charge in [-0.05, 0) is 49.3 Å². The van der Waals surface area contributed by atoms with Crippen molar-refractivity contribution in [1.29, 1.82) is 0 Å². The second-order valence-electron chi connectivity index (χ2n) is 7.19. The number of likely N-dealkylation sites (tertiary alicyclic amines) is 1. The number of carbonyl (C=O) groups excluding carboxylic acids is 1. The number of methoxy groups -OCH3 is 1. The number of amides is 1. The zero-order valence-corrected chi connectivity index (χ0v) is 16.0. The fourth-order valence-corrected chi connectivity index (χ4v) is 3.61. The summed E-state index contributed by atoms with van der Waals surface area (Å²) in [6.07, 6.45) is 0.0371. The van der Waals surface area contributed by atoms with Gasteiger partial charge in [0.05, 0.1) is 12.7 Å². The molecule has 152 valence electrons. The molecule has 1 aliphatic heterocycles. The number of alkyl halides is 3. The number of halogens is 3. The lowest BCUT2D eigenvalue weighted by Gasteiger charge is -2.32. The molecule has 5 nitrogen and oxygen atoms in total. The van der Waals surface area contributed by atoms with Crippen LogP contribution in [0.25, 0.3) is 0 Å². The molecule has 28 heavy (non-hydrogen) atoms. The van der Waals surface area contributed by atoms with Crippen LogP contribution in [-0.2, 0) is 19.6 Å². The van der Waals surface area contributed by atoms with Gasteiger partial charge in [-0.1, -0.05) is 12.1 Å². The summed E-state index contributed by atoms with van der Waals surface area (Å²) < 4.78 is 45.5. The third-order valence-electron chi connectivity index (χ3n) is 5.23. The van der Waals surface area contributed by atoms with Gasteiger partial charge in [0.1, 0.15) is 5.75 Å². The second-order valence-corrected chi connectivity index (χ2v) is 7.19. The lowest BCUT2D eigenvalue weighted by atomic mass is 9.90. The summed E-state index contributed by atoms with van der Waals surface area (Å²) in [6, 6.07) is 7.95. The van der Waals surface area contributed by atoms with Crippen molar-refractivity contribution in [1.82, 2.24) is 14.7 Å². The van der Waals surface area contributed by atoms with Crippen molar-refractivity contribution in [3.63, 3.8) is 0 Å². The number of hydrogen-bond acceptors (Lipinski definition) is 3. The van der Waals surface area contributed by atoms with Gasteiger partial charge in [0.2, 0.25) is 0 Å². The molecule has 0 aliphatic carbocycles. The number of hydrogen-bond donors (Lipinski definition) is 0. The van der Waals surface area contributed by atoms with Crippen LogP contribution in [0.5, 0.6) is 5.75 Å². The molecular formula is C20H24F3N3O2. The van der Waals surface area contributed by atoms with E-state index in [2.05, 4.69) is 5.10 Å². The monoisotopic (exact) mass is 395 g/mol. The van der Waals surface area contributed by atoms with Crippen molar-refractivity contribution < 1.29 is 22.7 Å². The number of aryl methyl sites for hydroxylation is 2. The van der Waals surface area contributed by atoms with Crippen molar-refractivity contribution in [3.8, 4) is 5.75 Å². The van der Waals surface area contributed by atoms with E-state index >= 15 is 0 Å². The molecule has 3 rings (SSSR count). The third kappa shape index (κ3) is 4.66. The number of rotatable bonds is 5. The molecule has 1 fully saturated rings. The molecule has 0 unspecified atom stereocenters. The predicted molar refractivity (Wildman–Crippen MR) is 98.2 cm³/mol. The van der Waals surface area contributed by atoms with Crippen LogP contribution in [0.1, 0.15) is 40.9 Å². The molecule has 8 heteroatoms. The number of benzene rings is 1. The molecule has 0 atom stereocenters. The SMILES string of the molecule is COc1ccc(CCC2CCN(C(=O)c3cn(C)nc3C(F)(F)F)CC2)cc1. The zero-order valence-electron chi connectivity index (χ0n) is 16.0. The predicted octanol–water partition coefficient (Wildman–Crippen LogP) is 3.93. The quantitative estimate of drug-likeness (QED) is 0.771. The highest BCUT2D eigenvalue weighted by Crippen LogP contribution is 2.32. The van der Waals surface area contributed by atoms with Crippen LogP contribution >= 0.6 is 0 Å². The normalized spacial score (nSPS) is 15.7. The molecule has 0 bridgehead atoms. The molecule has 0 radical (unpaired) electrons. The van der Waals surface area contributed by atoms with Crippen molar-refractivity contribution in [3.05, 3.63) is 47.3 Å². The van der Waals surface area contributed by atoms with E-state index in [-0.39, 0.29) is 5.56 Å². The maximum absolute atomic E-state index is 13.1. The van der Waals surface area contributed by atoms with Gasteiger partial charge in [-0.25, -0.2) is 0 Å². The Morgan fingerprint density at radius 1 is 1.21 bits per heavy atom. The average molecular weight is 395 g/mol. The summed E-state index contributed by atoms with van der Waals surface area (Å²) in [5, 5.41) is 3.42. The van der Waals surface area contributed by atoms with Crippen LogP contribution in [0.4, 0.5) is 13.2 Å². The molecule has 2 aromatic rings. The Balaban J connectivity index is 1.54. The summed E-state index contributed by atoms with van der Waals surface area (Å²) in [5.41, 5.74) is -0.252. The number of nitrogens with zero attached hydrogens (tertiary/aromatic N) is 3. The Morgan fingerprint density at radius 3 is 2.43 bits per heavy atom. The summed E-state index contributed by atoms with van der Waals surface area (Å²) in [4.78, 5) is 14.1. The van der Waals surface area contributed by atoms with Crippen LogP contribution < -0.4 is 4.74 Å². The highest BCUT2D eigenvalue weighted by Gasteiger charge is 2.40. The van der Waals surface area contributed by atoms with Gasteiger partial charge in [-0.15, -0.1) is 0 Å². The number of aromatic nitrogens is 2. The van der Waals surface area contributed by atoms with Crippen LogP contribution in [0.3, 0.4) is 0 Å². The van der Waals surface area contributed by atoms with Gasteiger partial charge in [-0.2, -0.15) is 18.3 Å². The smallest absolute Gasteiger partial charge is 0.435 e. The van der Waals surface area contributed by atoms with Crippen molar-refractivity contribution >= 4 is 5.91 Å². The standard InChI is InChI=1S/C20H24F3N3O2/c1-25-13-17(18(24-25)20(21,22)23)19(27)26-11-9-15(10-12-26)4-3-14-5-7-16(28-2)8-6-14/h5-8,13,15H,3-4,9-12H2,1-2H3. The van der Waals surface area contributed by atoms with Crippen LogP contribution in [-0.4, -0.2) is 40.8 Å². The van der Waals surface area contributed by atoms with Crippen LogP contribution in [0, 0.1) is 5.92 Å². The van der Waals surface area contributed by atoms with E-state index in [0.717, 1.165) is 42.3 Å². The minimum Gasteiger partial charge on any atom is -0.497 e. The van der Waals surface area contributed by atoms with Crippen molar-refractivity contribution in [2.75, 3.05) is 20.2 Å². The lowest BCUT2D eigenvalue weighted by Crippen LogP contribution is -2.39. The van der Waals surface area contributed by atoms with E-state index in [1.165, 1.54) is 17.5 Å². The highest BCUT2D eigenvalue weighted by molar-refractivity contribution is 5.95. The van der Waals surface area contributed by atoms with Gasteiger partial charge in [0.15, 0.2) is 5.69 Å². The fourth-order valence-electron chi connectivity index (χ4n) is 3.61. The largest absolute Gasteiger partial charge is 0.497 e. The summed E-state index contributed by atoms with van der Waals surface area (Å²) in [6.45, 7) is 0.941. The van der Waals surface area contributed by atoms with Crippen molar-refractivity contribution in [2.24, 2.45) is 13.0 Å². The molecule has 1 aliphatic rings. The number of carbonyl (C=O) groups is 1. The van der Waals surface area contributed by atoms with Crippen molar-refractivity contribution in [2.45, 2.75) is 31.9 Å². The summed E-state index contributed by atoms with van der Waals surface area (Å²) in [7, 11) is 3.02. The third-order valence-corrected chi connectivity index (χ3v) is 5.23. The van der Waals surface area contributed by atoms with Crippen LogP contribution in [0.15, 0.2) is 30.5 Å². The minimum absolute atomic E-state index is 0.369. The van der Waals surface area contributed by atoms with Crippen LogP contribution in [0.2, 0.25) is 0 Å². The molecule has 0 spiro atoms. The highest BCUT2D eigenvalue weighted by atomic mass is 19.4. The molecule has 1 aromatic heterocycles. The molecular weight excluding hydrogens is 371 g/mol. The maximum Gasteiger partial charge on any atom is 0.435 e. The lowest BCUT2D eigenvalue weighted by molar-refractivity contribution is -0.141. The Morgan fingerprint density at radius 2 is 1.86 bits per heavy atom. The first-order valence-corrected chi connectivity index (χ1v) is 9.31. The second kappa shape index (κ2) is 8.24. The fraction of sp³-hybridized carbons (Fsp3) is 0.500. The summed E-state index contributed by atoms with van der Waals surface area (Å²) in [5.74, 6) is 0.695. The van der Waals surface area contributed by atoms with Gasteiger partial charge in [0.25, 0.3) is 5.91 Å². The molecule has 1 saturated heterocycles. The molecule has 0 N–H and O–H groups in total. The van der Waals surface area contributed by atoms with E-state index < -0.39 is 17.8 Å². The van der Waals surface area contributed by atoms with Gasteiger partial charge >= 0.3 is 6.18 Å². The number of ether oxygens (including phenoxy) is 1. The van der Waals surface area contributed by atoms with Gasteiger partial charge in [0, 0.05) is 26.3 Å². The average Bonchev–Trinajstić information content (AvgIpc) is 3.09. The Kier molecular flexibility index (Phi) is 5.96. The maximum atomic E-state index is 13.1. The first-order valence-electron chi connectivity index (χ1n) is 9.31. The molecule has 0 saturated carbocycles. The molecule has 1 aromatic carbocycles. The molecule has 2 heterocycles. The van der Waals surface area contributed by atoms with E-state index in [0.29, 0.717) is 19.0 Å². The van der Waals surface area contributed by atoms with E-state index in [1.807, 2.05) is 24.3 Å². The Bertz CT molecular complexity index is 807. The van der Waals surface area contributed by atoms with E-state index in [1.54, 1.807) is 7.11 Å². The minimum atomic E-state index is -4.64. The molecule has 1 amide bonds. The topological polar surface area (TPSA) is 47.4 Å². The Labute approximate surface area is 162 Å².